The van der Waals surface area contributed by atoms with E-state index in [1.165, 1.54) is 6.42 Å². The first-order chi connectivity index (χ1) is 16.1. The van der Waals surface area contributed by atoms with E-state index in [0.717, 1.165) is 49.7 Å². The number of benzene rings is 1. The number of carbonyl (C=O) groups excluding carboxylic acids is 3. The Bertz CT molecular complexity index is 871. The van der Waals surface area contributed by atoms with E-state index in [-0.39, 0.29) is 18.0 Å². The van der Waals surface area contributed by atoms with Crippen LogP contribution in [0.25, 0.3) is 0 Å². The van der Waals surface area contributed by atoms with Crippen molar-refractivity contribution in [3.05, 3.63) is 35.4 Å². The third kappa shape index (κ3) is 7.19. The Morgan fingerprint density at radius 2 is 1.79 bits per heavy atom. The Kier molecular flexibility index (Phi) is 8.57. The Hall–Kier alpha value is -2.61. The largest absolute Gasteiger partial charge is 0.444 e. The summed E-state index contributed by atoms with van der Waals surface area (Å²) in [5, 5.41) is 15.6. The molecule has 0 spiro atoms. The molecule has 2 aliphatic rings. The van der Waals surface area contributed by atoms with Crippen LogP contribution in [0.3, 0.4) is 0 Å². The predicted molar refractivity (Wildman–Crippen MR) is 129 cm³/mol. The van der Waals surface area contributed by atoms with Crippen molar-refractivity contribution >= 4 is 17.9 Å². The molecule has 0 aromatic heterocycles. The maximum Gasteiger partial charge on any atom is 0.408 e. The zero-order valence-corrected chi connectivity index (χ0v) is 20.8. The molecule has 0 heterocycles. The quantitative estimate of drug-likeness (QED) is 0.537. The molecule has 3 amide bonds. The molecule has 0 bridgehead atoms. The Balaban J connectivity index is 1.88. The fourth-order valence-corrected chi connectivity index (χ4v) is 4.49. The summed E-state index contributed by atoms with van der Waals surface area (Å²) in [4.78, 5) is 41.2. The maximum atomic E-state index is 13.7. The summed E-state index contributed by atoms with van der Waals surface area (Å²) in [7, 11) is 0. The minimum atomic E-state index is -1.20. The number of carbonyl (C=O) groups is 3. The van der Waals surface area contributed by atoms with Crippen LogP contribution in [0.2, 0.25) is 0 Å². The van der Waals surface area contributed by atoms with Gasteiger partial charge in [-0.1, -0.05) is 49.1 Å². The van der Waals surface area contributed by atoms with Crippen LogP contribution in [0.1, 0.15) is 82.9 Å². The molecule has 34 heavy (non-hydrogen) atoms. The zero-order valence-electron chi connectivity index (χ0n) is 20.8. The summed E-state index contributed by atoms with van der Waals surface area (Å²) in [5.74, 6) is -0.701. The van der Waals surface area contributed by atoms with E-state index in [9.17, 15) is 19.5 Å². The minimum absolute atomic E-state index is 0.0956. The van der Waals surface area contributed by atoms with Gasteiger partial charge in [-0.05, 0) is 58.9 Å². The zero-order chi connectivity index (χ0) is 24.9. The van der Waals surface area contributed by atoms with E-state index < -0.39 is 36.3 Å². The average molecular weight is 474 g/mol. The highest BCUT2D eigenvalue weighted by molar-refractivity contribution is 5.92. The Morgan fingerprint density at radius 3 is 2.35 bits per heavy atom. The summed E-state index contributed by atoms with van der Waals surface area (Å²) < 4.78 is 5.27. The number of amides is 3. The lowest BCUT2D eigenvalue weighted by Crippen LogP contribution is -2.55. The SMILES string of the molecule is Cc1cccc(C(C(=O)NC2CCCCC2)N(C(=O)C(CO)NC(=O)OC(C)(C)C)C2CC2)c1. The van der Waals surface area contributed by atoms with E-state index in [4.69, 9.17) is 4.74 Å². The number of rotatable bonds is 8. The van der Waals surface area contributed by atoms with Gasteiger partial charge in [0, 0.05) is 12.1 Å². The third-order valence-electron chi connectivity index (χ3n) is 6.20. The minimum Gasteiger partial charge on any atom is -0.444 e. The molecule has 188 valence electrons. The number of nitrogens with one attached hydrogen (secondary N) is 2. The Labute approximate surface area is 202 Å². The van der Waals surface area contributed by atoms with E-state index in [1.54, 1.807) is 25.7 Å². The second-order valence-corrected chi connectivity index (χ2v) is 10.5. The Morgan fingerprint density at radius 1 is 1.12 bits per heavy atom. The fraction of sp³-hybridized carbons (Fsp3) is 0.654. The number of hydrogen-bond donors (Lipinski definition) is 3. The molecule has 0 saturated heterocycles. The predicted octanol–water partition coefficient (Wildman–Crippen LogP) is 3.36. The molecule has 2 aliphatic carbocycles. The summed E-state index contributed by atoms with van der Waals surface area (Å²) in [6.07, 6.45) is 5.97. The number of ether oxygens (including phenoxy) is 1. The van der Waals surface area contributed by atoms with E-state index in [1.807, 2.05) is 31.2 Å². The summed E-state index contributed by atoms with van der Waals surface area (Å²) >= 11 is 0. The van der Waals surface area contributed by atoms with Crippen LogP contribution < -0.4 is 10.6 Å². The van der Waals surface area contributed by atoms with Gasteiger partial charge in [-0.3, -0.25) is 9.59 Å². The molecule has 2 fully saturated rings. The van der Waals surface area contributed by atoms with Crippen LogP contribution in [0.15, 0.2) is 24.3 Å². The first-order valence-corrected chi connectivity index (χ1v) is 12.4. The number of aliphatic hydroxyl groups is 1. The molecule has 1 aromatic carbocycles. The lowest BCUT2D eigenvalue weighted by molar-refractivity contribution is -0.144. The van der Waals surface area contributed by atoms with Crippen LogP contribution in [0.4, 0.5) is 4.79 Å². The van der Waals surface area contributed by atoms with E-state index in [0.29, 0.717) is 0 Å². The lowest BCUT2D eigenvalue weighted by Gasteiger charge is -2.35. The van der Waals surface area contributed by atoms with Gasteiger partial charge in [-0.15, -0.1) is 0 Å². The number of hydrogen-bond acceptors (Lipinski definition) is 5. The van der Waals surface area contributed by atoms with Gasteiger partial charge in [0.1, 0.15) is 17.7 Å². The molecule has 8 heteroatoms. The van der Waals surface area contributed by atoms with Crippen molar-refractivity contribution in [3.63, 3.8) is 0 Å². The van der Waals surface area contributed by atoms with Crippen LogP contribution in [-0.4, -0.2) is 58.2 Å². The van der Waals surface area contributed by atoms with Gasteiger partial charge < -0.3 is 25.4 Å². The second-order valence-electron chi connectivity index (χ2n) is 10.5. The van der Waals surface area contributed by atoms with E-state index in [2.05, 4.69) is 10.6 Å². The van der Waals surface area contributed by atoms with Gasteiger partial charge in [0.25, 0.3) is 0 Å². The van der Waals surface area contributed by atoms with Crippen molar-refractivity contribution in [3.8, 4) is 0 Å². The molecule has 3 rings (SSSR count). The molecule has 3 N–H and O–H groups in total. The molecule has 1 aromatic rings. The monoisotopic (exact) mass is 473 g/mol. The highest BCUT2D eigenvalue weighted by Gasteiger charge is 2.44. The van der Waals surface area contributed by atoms with Crippen molar-refractivity contribution in [2.75, 3.05) is 6.61 Å². The van der Waals surface area contributed by atoms with E-state index >= 15 is 0 Å². The molecule has 2 atom stereocenters. The topological polar surface area (TPSA) is 108 Å². The number of aryl methyl sites for hydroxylation is 1. The van der Waals surface area contributed by atoms with Crippen molar-refractivity contribution < 1.29 is 24.2 Å². The standard InChI is InChI=1S/C26H39N3O5/c1-17-9-8-10-18(15-17)22(23(31)27-19-11-6-5-7-12-19)29(20-13-14-20)24(32)21(16-30)28-25(33)34-26(2,3)4/h8-10,15,19-22,30H,5-7,11-14,16H2,1-4H3,(H,27,31)(H,28,33). The summed E-state index contributed by atoms with van der Waals surface area (Å²) in [5.41, 5.74) is 0.970. The molecular weight excluding hydrogens is 434 g/mol. The highest BCUT2D eigenvalue weighted by atomic mass is 16.6. The molecule has 0 aliphatic heterocycles. The third-order valence-corrected chi connectivity index (χ3v) is 6.20. The summed E-state index contributed by atoms with van der Waals surface area (Å²) in [6.45, 7) is 6.53. The van der Waals surface area contributed by atoms with Gasteiger partial charge >= 0.3 is 6.09 Å². The molecule has 2 unspecified atom stereocenters. The second kappa shape index (κ2) is 11.2. The number of aliphatic hydroxyl groups excluding tert-OH is 1. The van der Waals surface area contributed by atoms with Crippen molar-refractivity contribution in [2.45, 2.75) is 102 Å². The van der Waals surface area contributed by atoms with Crippen LogP contribution in [0.5, 0.6) is 0 Å². The van der Waals surface area contributed by atoms with Gasteiger partial charge in [0.15, 0.2) is 0 Å². The molecule has 0 radical (unpaired) electrons. The maximum absolute atomic E-state index is 13.7. The first-order valence-electron chi connectivity index (χ1n) is 12.4. The highest BCUT2D eigenvalue weighted by Crippen LogP contribution is 2.36. The lowest BCUT2D eigenvalue weighted by atomic mass is 9.94. The molecular formula is C26H39N3O5. The van der Waals surface area contributed by atoms with Gasteiger partial charge in [0.2, 0.25) is 11.8 Å². The van der Waals surface area contributed by atoms with Crippen LogP contribution >= 0.6 is 0 Å². The smallest absolute Gasteiger partial charge is 0.408 e. The van der Waals surface area contributed by atoms with Crippen LogP contribution in [0, 0.1) is 6.92 Å². The van der Waals surface area contributed by atoms with Gasteiger partial charge in [-0.2, -0.15) is 0 Å². The van der Waals surface area contributed by atoms with Crippen molar-refractivity contribution in [1.82, 2.24) is 15.5 Å². The fourth-order valence-electron chi connectivity index (χ4n) is 4.49. The number of nitrogens with zero attached hydrogens (tertiary/aromatic N) is 1. The number of alkyl carbamates (subject to hydrolysis) is 1. The summed E-state index contributed by atoms with van der Waals surface area (Å²) in [6, 6.07) is 5.54. The van der Waals surface area contributed by atoms with Crippen molar-refractivity contribution in [1.29, 1.82) is 0 Å². The average Bonchev–Trinajstić information content (AvgIpc) is 3.59. The van der Waals surface area contributed by atoms with Crippen LogP contribution in [-0.2, 0) is 14.3 Å². The normalized spacial score (nSPS) is 18.5. The van der Waals surface area contributed by atoms with Gasteiger partial charge in [-0.25, -0.2) is 4.79 Å². The first kappa shape index (κ1) is 26.0. The van der Waals surface area contributed by atoms with Crippen molar-refractivity contribution in [2.24, 2.45) is 0 Å². The molecule has 8 nitrogen and oxygen atoms in total. The van der Waals surface area contributed by atoms with Gasteiger partial charge in [0.05, 0.1) is 6.61 Å². The molecule has 2 saturated carbocycles.